The maximum atomic E-state index is 13.6. The standard InChI is InChI=1S/C14H16F2N2/c15-12-8-4-7-11(14(12)16)13(9-17)18-10-5-2-1-3-6-10/h4,7-8,10,13,18H,1-3,5-6H2. The molecule has 1 aliphatic rings. The van der Waals surface area contributed by atoms with Gasteiger partial charge in [-0.15, -0.1) is 0 Å². The molecule has 0 aromatic heterocycles. The molecule has 1 aromatic carbocycles. The van der Waals surface area contributed by atoms with E-state index in [0.29, 0.717) is 0 Å². The van der Waals surface area contributed by atoms with Crippen LogP contribution in [0.5, 0.6) is 0 Å². The number of nitrogens with one attached hydrogen (secondary N) is 1. The third kappa shape index (κ3) is 2.85. The zero-order chi connectivity index (χ0) is 13.0. The molecule has 0 spiro atoms. The molecule has 1 aromatic rings. The molecule has 1 fully saturated rings. The molecule has 0 heterocycles. The number of nitriles is 1. The second-order valence-corrected chi connectivity index (χ2v) is 4.71. The molecule has 2 rings (SSSR count). The quantitative estimate of drug-likeness (QED) is 0.891. The van der Waals surface area contributed by atoms with E-state index in [9.17, 15) is 8.78 Å². The van der Waals surface area contributed by atoms with E-state index in [1.807, 2.05) is 6.07 Å². The lowest BCUT2D eigenvalue weighted by Crippen LogP contribution is -2.34. The normalized spacial score (nSPS) is 18.3. The first-order valence-electron chi connectivity index (χ1n) is 6.32. The van der Waals surface area contributed by atoms with Gasteiger partial charge < -0.3 is 0 Å². The van der Waals surface area contributed by atoms with Crippen molar-refractivity contribution in [2.45, 2.75) is 44.2 Å². The van der Waals surface area contributed by atoms with Crippen molar-refractivity contribution >= 4 is 0 Å². The van der Waals surface area contributed by atoms with E-state index in [1.54, 1.807) is 0 Å². The summed E-state index contributed by atoms with van der Waals surface area (Å²) >= 11 is 0. The first kappa shape index (κ1) is 13.0. The van der Waals surface area contributed by atoms with Gasteiger partial charge in [-0.05, 0) is 18.9 Å². The number of hydrogen-bond acceptors (Lipinski definition) is 2. The van der Waals surface area contributed by atoms with Gasteiger partial charge in [0.05, 0.1) is 6.07 Å². The maximum absolute atomic E-state index is 13.6. The van der Waals surface area contributed by atoms with Crippen molar-refractivity contribution in [3.8, 4) is 6.07 Å². The van der Waals surface area contributed by atoms with Gasteiger partial charge in [0.15, 0.2) is 11.6 Å². The summed E-state index contributed by atoms with van der Waals surface area (Å²) in [5.74, 6) is -1.83. The first-order valence-corrected chi connectivity index (χ1v) is 6.32. The third-order valence-corrected chi connectivity index (χ3v) is 3.43. The zero-order valence-electron chi connectivity index (χ0n) is 10.1. The first-order chi connectivity index (χ1) is 8.72. The summed E-state index contributed by atoms with van der Waals surface area (Å²) in [5, 5.41) is 12.2. The molecule has 1 saturated carbocycles. The van der Waals surface area contributed by atoms with E-state index >= 15 is 0 Å². The summed E-state index contributed by atoms with van der Waals surface area (Å²) in [4.78, 5) is 0. The predicted molar refractivity (Wildman–Crippen MR) is 64.7 cm³/mol. The Hall–Kier alpha value is -1.47. The fraction of sp³-hybridized carbons (Fsp3) is 0.500. The van der Waals surface area contributed by atoms with Crippen molar-refractivity contribution in [2.75, 3.05) is 0 Å². The van der Waals surface area contributed by atoms with Crippen molar-refractivity contribution in [1.82, 2.24) is 5.32 Å². The lowest BCUT2D eigenvalue weighted by molar-refractivity contribution is 0.355. The summed E-state index contributed by atoms with van der Waals surface area (Å²) in [5.41, 5.74) is 0.100. The molecule has 0 amide bonds. The zero-order valence-corrected chi connectivity index (χ0v) is 10.1. The smallest absolute Gasteiger partial charge is 0.164 e. The Morgan fingerprint density at radius 3 is 2.61 bits per heavy atom. The van der Waals surface area contributed by atoms with E-state index in [-0.39, 0.29) is 11.6 Å². The van der Waals surface area contributed by atoms with Gasteiger partial charge in [-0.2, -0.15) is 5.26 Å². The Morgan fingerprint density at radius 2 is 1.94 bits per heavy atom. The summed E-state index contributed by atoms with van der Waals surface area (Å²) in [7, 11) is 0. The second-order valence-electron chi connectivity index (χ2n) is 4.71. The van der Waals surface area contributed by atoms with Crippen LogP contribution in [-0.4, -0.2) is 6.04 Å². The highest BCUT2D eigenvalue weighted by Gasteiger charge is 2.22. The minimum atomic E-state index is -0.924. The van der Waals surface area contributed by atoms with E-state index in [1.165, 1.54) is 18.6 Å². The summed E-state index contributed by atoms with van der Waals surface area (Å²) < 4.78 is 26.8. The minimum Gasteiger partial charge on any atom is -0.295 e. The number of benzene rings is 1. The van der Waals surface area contributed by atoms with Gasteiger partial charge >= 0.3 is 0 Å². The van der Waals surface area contributed by atoms with E-state index < -0.39 is 17.7 Å². The van der Waals surface area contributed by atoms with Gasteiger partial charge in [0, 0.05) is 11.6 Å². The van der Waals surface area contributed by atoms with Gasteiger partial charge in [0.2, 0.25) is 0 Å². The molecule has 0 aliphatic heterocycles. The van der Waals surface area contributed by atoms with Crippen molar-refractivity contribution in [1.29, 1.82) is 5.26 Å². The molecular formula is C14H16F2N2. The Kier molecular flexibility index (Phi) is 4.27. The van der Waals surface area contributed by atoms with Gasteiger partial charge in [-0.25, -0.2) is 8.78 Å². The number of rotatable bonds is 3. The van der Waals surface area contributed by atoms with Crippen LogP contribution in [0.25, 0.3) is 0 Å². The van der Waals surface area contributed by atoms with Crippen LogP contribution in [0.15, 0.2) is 18.2 Å². The molecule has 4 heteroatoms. The van der Waals surface area contributed by atoms with Gasteiger partial charge in [0.25, 0.3) is 0 Å². The highest BCUT2D eigenvalue weighted by Crippen LogP contribution is 2.23. The van der Waals surface area contributed by atoms with Crippen LogP contribution in [0.3, 0.4) is 0 Å². The fourth-order valence-electron chi connectivity index (χ4n) is 2.44. The van der Waals surface area contributed by atoms with Crippen molar-refractivity contribution in [3.63, 3.8) is 0 Å². The monoisotopic (exact) mass is 250 g/mol. The molecule has 0 saturated heterocycles. The topological polar surface area (TPSA) is 35.8 Å². The average molecular weight is 250 g/mol. The minimum absolute atomic E-state index is 0.100. The van der Waals surface area contributed by atoms with Crippen LogP contribution >= 0.6 is 0 Å². The van der Waals surface area contributed by atoms with Crippen LogP contribution < -0.4 is 5.32 Å². The van der Waals surface area contributed by atoms with Gasteiger partial charge in [-0.1, -0.05) is 31.4 Å². The van der Waals surface area contributed by atoms with Gasteiger partial charge in [-0.3, -0.25) is 5.32 Å². The Balaban J connectivity index is 2.13. The molecule has 1 atom stereocenters. The van der Waals surface area contributed by atoms with Crippen molar-refractivity contribution < 1.29 is 8.78 Å². The third-order valence-electron chi connectivity index (χ3n) is 3.43. The molecular weight excluding hydrogens is 234 g/mol. The van der Waals surface area contributed by atoms with Crippen LogP contribution in [0.2, 0.25) is 0 Å². The highest BCUT2D eigenvalue weighted by atomic mass is 19.2. The highest BCUT2D eigenvalue weighted by molar-refractivity contribution is 5.27. The van der Waals surface area contributed by atoms with Crippen LogP contribution in [0.4, 0.5) is 8.78 Å². The lowest BCUT2D eigenvalue weighted by atomic mass is 9.94. The lowest BCUT2D eigenvalue weighted by Gasteiger charge is -2.25. The fourth-order valence-corrected chi connectivity index (χ4v) is 2.44. The summed E-state index contributed by atoms with van der Waals surface area (Å²) in [6, 6.07) is 5.42. The van der Waals surface area contributed by atoms with Crippen LogP contribution in [0, 0.1) is 23.0 Å². The Bertz CT molecular complexity index is 448. The van der Waals surface area contributed by atoms with Crippen LogP contribution in [-0.2, 0) is 0 Å². The number of halogens is 2. The van der Waals surface area contributed by atoms with E-state index in [0.717, 1.165) is 31.7 Å². The summed E-state index contributed by atoms with van der Waals surface area (Å²) in [6.45, 7) is 0. The molecule has 1 N–H and O–H groups in total. The molecule has 2 nitrogen and oxygen atoms in total. The molecule has 1 aliphatic carbocycles. The van der Waals surface area contributed by atoms with Crippen LogP contribution in [0.1, 0.15) is 43.7 Å². The van der Waals surface area contributed by atoms with E-state index in [4.69, 9.17) is 5.26 Å². The SMILES string of the molecule is N#CC(NC1CCCCC1)c1cccc(F)c1F. The molecule has 0 radical (unpaired) electrons. The van der Waals surface area contributed by atoms with Crippen molar-refractivity contribution in [2.24, 2.45) is 0 Å². The van der Waals surface area contributed by atoms with E-state index in [2.05, 4.69) is 5.32 Å². The largest absolute Gasteiger partial charge is 0.295 e. The second kappa shape index (κ2) is 5.92. The van der Waals surface area contributed by atoms with Gasteiger partial charge in [0.1, 0.15) is 6.04 Å². The average Bonchev–Trinajstić information content (AvgIpc) is 2.41. The molecule has 1 unspecified atom stereocenters. The number of nitrogens with zero attached hydrogens (tertiary/aromatic N) is 1. The predicted octanol–water partition coefficient (Wildman–Crippen LogP) is 3.45. The Labute approximate surface area is 106 Å². The summed E-state index contributed by atoms with van der Waals surface area (Å²) in [6.07, 6.45) is 5.46. The number of hydrogen-bond donors (Lipinski definition) is 1. The molecule has 18 heavy (non-hydrogen) atoms. The molecule has 96 valence electrons. The Morgan fingerprint density at radius 1 is 1.22 bits per heavy atom. The maximum Gasteiger partial charge on any atom is 0.164 e. The van der Waals surface area contributed by atoms with Crippen molar-refractivity contribution in [3.05, 3.63) is 35.4 Å². The molecule has 0 bridgehead atoms.